The molecule has 5 nitrogen and oxygen atoms in total. The number of fused-ring (bicyclic) bond motifs is 1. The first-order valence-corrected chi connectivity index (χ1v) is 12.3. The molecule has 0 saturated heterocycles. The normalized spacial score (nSPS) is 13.7. The molecular formula is C17H25NO4SiTi+2. The first kappa shape index (κ1) is 19.2. The van der Waals surface area contributed by atoms with E-state index in [1.165, 1.54) is 0 Å². The molecular weight excluding hydrogens is 358 g/mol. The third kappa shape index (κ3) is 4.49. The Bertz CT molecular complexity index is 649. The third-order valence-electron chi connectivity index (χ3n) is 3.38. The SMILES string of the molecule is CC(C)(C)OC(=O)N(c1cc2c(cc1C[CH]=[Ti+2])OCO2)[Si](C)(C)C. The first-order valence-electron chi connectivity index (χ1n) is 7.97. The van der Waals surface area contributed by atoms with E-state index in [4.69, 9.17) is 14.2 Å². The molecule has 0 aliphatic carbocycles. The number of rotatable bonds is 4. The molecule has 1 heterocycles. The van der Waals surface area contributed by atoms with Gasteiger partial charge in [0.1, 0.15) is 0 Å². The summed E-state index contributed by atoms with van der Waals surface area (Å²) in [4.78, 5) is 12.9. The third-order valence-corrected chi connectivity index (χ3v) is 5.47. The van der Waals surface area contributed by atoms with Gasteiger partial charge < -0.3 is 0 Å². The summed E-state index contributed by atoms with van der Waals surface area (Å²) >= 11 is 2.00. The van der Waals surface area contributed by atoms with Crippen LogP contribution in [0.15, 0.2) is 12.1 Å². The fourth-order valence-corrected chi connectivity index (χ4v) is 4.36. The van der Waals surface area contributed by atoms with Gasteiger partial charge in [-0.2, -0.15) is 0 Å². The van der Waals surface area contributed by atoms with Gasteiger partial charge in [0.25, 0.3) is 0 Å². The van der Waals surface area contributed by atoms with Crippen molar-refractivity contribution in [3.05, 3.63) is 17.7 Å². The molecule has 7 heteroatoms. The molecule has 1 aromatic carbocycles. The Morgan fingerprint density at radius 1 is 1.29 bits per heavy atom. The van der Waals surface area contributed by atoms with E-state index in [1.807, 2.05) is 57.4 Å². The van der Waals surface area contributed by atoms with Crippen LogP contribution in [-0.4, -0.2) is 31.0 Å². The van der Waals surface area contributed by atoms with Crippen molar-refractivity contribution in [1.29, 1.82) is 0 Å². The summed E-state index contributed by atoms with van der Waals surface area (Å²) in [5, 5.41) is 0. The molecule has 1 aliphatic rings. The Morgan fingerprint density at radius 2 is 1.88 bits per heavy atom. The second kappa shape index (κ2) is 7.02. The Morgan fingerprint density at radius 3 is 2.38 bits per heavy atom. The summed E-state index contributed by atoms with van der Waals surface area (Å²) < 4.78 is 20.6. The van der Waals surface area contributed by atoms with E-state index >= 15 is 0 Å². The zero-order chi connectivity index (χ0) is 18.1. The Balaban J connectivity index is 2.53. The molecule has 1 aliphatic heterocycles. The summed E-state index contributed by atoms with van der Waals surface area (Å²) in [5.74, 6) is 1.41. The van der Waals surface area contributed by atoms with Gasteiger partial charge in [0, 0.05) is 0 Å². The molecule has 0 bridgehead atoms. The zero-order valence-electron chi connectivity index (χ0n) is 15.2. The standard InChI is InChI=1S/C17H25NO4Si.Ti/c1-8-12-9-14-15(21-11-20-14)10-13(12)18(23(5,6)7)16(19)22-17(2,3)4;/h1,9-10H,8,11H2,2-7H3;/q;+2. The average Bonchev–Trinajstić information content (AvgIpc) is 2.82. The number of anilines is 1. The van der Waals surface area contributed by atoms with Gasteiger partial charge in [-0.05, 0) is 0 Å². The second-order valence-corrected chi connectivity index (χ2v) is 13.2. The minimum atomic E-state index is -2.03. The van der Waals surface area contributed by atoms with E-state index in [9.17, 15) is 4.79 Å². The van der Waals surface area contributed by atoms with E-state index in [0.717, 1.165) is 23.4 Å². The van der Waals surface area contributed by atoms with Crippen molar-refractivity contribution in [3.8, 4) is 11.5 Å². The predicted molar refractivity (Wildman–Crippen MR) is 94.4 cm³/mol. The van der Waals surface area contributed by atoms with Gasteiger partial charge in [-0.1, -0.05) is 0 Å². The maximum absolute atomic E-state index is 12.9. The summed E-state index contributed by atoms with van der Waals surface area (Å²) in [5.41, 5.74) is 1.35. The molecule has 0 N–H and O–H groups in total. The van der Waals surface area contributed by atoms with E-state index in [1.54, 1.807) is 0 Å². The van der Waals surface area contributed by atoms with Crippen LogP contribution in [0.3, 0.4) is 0 Å². The first-order chi connectivity index (χ1) is 11.0. The predicted octanol–water partition coefficient (Wildman–Crippen LogP) is 3.88. The minimum absolute atomic E-state index is 0.216. The Labute approximate surface area is 156 Å². The zero-order valence-corrected chi connectivity index (χ0v) is 17.8. The molecule has 0 saturated carbocycles. The number of carbonyl (C=O) groups is 1. The van der Waals surface area contributed by atoms with Crippen LogP contribution >= 0.6 is 0 Å². The molecule has 0 fully saturated rings. The number of benzene rings is 1. The van der Waals surface area contributed by atoms with Crippen LogP contribution in [0, 0.1) is 0 Å². The van der Waals surface area contributed by atoms with E-state index in [-0.39, 0.29) is 12.9 Å². The number of nitrogens with zero attached hydrogens (tertiary/aromatic N) is 1. The second-order valence-electron chi connectivity index (χ2n) is 7.73. The molecule has 2 rings (SSSR count). The molecule has 0 aromatic heterocycles. The van der Waals surface area contributed by atoms with Gasteiger partial charge in [-0.15, -0.1) is 0 Å². The van der Waals surface area contributed by atoms with Gasteiger partial charge >= 0.3 is 156 Å². The fraction of sp³-hybridized carbons (Fsp3) is 0.529. The van der Waals surface area contributed by atoms with Gasteiger partial charge in [0.15, 0.2) is 0 Å². The quantitative estimate of drug-likeness (QED) is 0.741. The fourth-order valence-electron chi connectivity index (χ4n) is 2.50. The molecule has 0 unspecified atom stereocenters. The number of hydrogen-bond donors (Lipinski definition) is 0. The molecule has 24 heavy (non-hydrogen) atoms. The van der Waals surface area contributed by atoms with E-state index in [2.05, 4.69) is 24.0 Å². The molecule has 0 atom stereocenters. The Hall–Kier alpha value is -1.11. The van der Waals surface area contributed by atoms with Gasteiger partial charge in [0.2, 0.25) is 0 Å². The van der Waals surface area contributed by atoms with Crippen molar-refractivity contribution < 1.29 is 39.0 Å². The number of hydrogen-bond acceptors (Lipinski definition) is 4. The molecule has 1 aromatic rings. The summed E-state index contributed by atoms with van der Waals surface area (Å²) in [6.45, 7) is 12.2. The van der Waals surface area contributed by atoms with Crippen LogP contribution in [0.2, 0.25) is 19.6 Å². The van der Waals surface area contributed by atoms with Crippen molar-refractivity contribution in [1.82, 2.24) is 0 Å². The molecule has 128 valence electrons. The van der Waals surface area contributed by atoms with Crippen molar-refractivity contribution in [2.75, 3.05) is 11.4 Å². The van der Waals surface area contributed by atoms with Crippen molar-refractivity contribution >= 4 is 24.3 Å². The van der Waals surface area contributed by atoms with Gasteiger partial charge in [-0.25, -0.2) is 0 Å². The monoisotopic (exact) mass is 383 g/mol. The molecule has 0 radical (unpaired) electrons. The van der Waals surface area contributed by atoms with Crippen LogP contribution in [0.5, 0.6) is 11.5 Å². The van der Waals surface area contributed by atoms with Crippen molar-refractivity contribution in [3.63, 3.8) is 0 Å². The topological polar surface area (TPSA) is 48.0 Å². The summed E-state index contributed by atoms with van der Waals surface area (Å²) in [6, 6.07) is 3.87. The molecule has 1 amide bonds. The van der Waals surface area contributed by atoms with Crippen LogP contribution in [0.25, 0.3) is 0 Å². The van der Waals surface area contributed by atoms with Crippen molar-refractivity contribution in [2.45, 2.75) is 52.4 Å². The van der Waals surface area contributed by atoms with Crippen LogP contribution in [0.4, 0.5) is 10.5 Å². The average molecular weight is 383 g/mol. The summed E-state index contributed by atoms with van der Waals surface area (Å²) in [7, 11) is -2.03. The van der Waals surface area contributed by atoms with Crippen LogP contribution in [-0.2, 0) is 31.1 Å². The maximum atomic E-state index is 12.9. The van der Waals surface area contributed by atoms with Crippen LogP contribution in [0.1, 0.15) is 26.3 Å². The van der Waals surface area contributed by atoms with E-state index in [0.29, 0.717) is 5.75 Å². The van der Waals surface area contributed by atoms with Crippen LogP contribution < -0.4 is 14.0 Å². The Kier molecular flexibility index (Phi) is 5.62. The van der Waals surface area contributed by atoms with Gasteiger partial charge in [-0.3, -0.25) is 0 Å². The summed E-state index contributed by atoms with van der Waals surface area (Å²) in [6.07, 6.45) is 0.438. The number of ether oxygens (including phenoxy) is 3. The van der Waals surface area contributed by atoms with Gasteiger partial charge in [0.05, 0.1) is 0 Å². The number of amides is 1. The van der Waals surface area contributed by atoms with E-state index < -0.39 is 13.8 Å². The molecule has 0 spiro atoms. The number of carbonyl (C=O) groups excluding carboxylic acids is 1. The van der Waals surface area contributed by atoms with Crippen molar-refractivity contribution in [2.24, 2.45) is 0 Å².